The molecule has 8 heteroatoms. The Balaban J connectivity index is 1.49. The first-order chi connectivity index (χ1) is 14.9. The summed E-state index contributed by atoms with van der Waals surface area (Å²) in [7, 11) is 0. The van der Waals surface area contributed by atoms with E-state index in [1.54, 1.807) is 0 Å². The van der Waals surface area contributed by atoms with Crippen LogP contribution in [0.1, 0.15) is 31.7 Å². The van der Waals surface area contributed by atoms with Crippen LogP contribution in [-0.4, -0.2) is 28.6 Å². The standard InChI is InChI=1S/C23H23N5O2S/c1-14(2)15-8-10-16(11-9-15)19-13-31-23(25-19)26-22(30)18-12-20(21(24)29)28(27-18)17-6-4-3-5-7-17/h3-11,13-14,20H,12H2,1-2H3,(H2,24,29)(H,25,26,30). The molecular weight excluding hydrogens is 410 g/mol. The lowest BCUT2D eigenvalue weighted by molar-refractivity contribution is -0.119. The number of hydrazone groups is 1. The highest BCUT2D eigenvalue weighted by Gasteiger charge is 2.35. The molecule has 1 atom stereocenters. The Labute approximate surface area is 184 Å². The van der Waals surface area contributed by atoms with Crippen LogP contribution in [0.4, 0.5) is 10.8 Å². The molecule has 2 heterocycles. The Bertz CT molecular complexity index is 1120. The molecule has 0 spiro atoms. The Kier molecular flexibility index (Phi) is 5.81. The van der Waals surface area contributed by atoms with E-state index < -0.39 is 11.9 Å². The number of benzene rings is 2. The second-order valence-electron chi connectivity index (χ2n) is 7.62. The average Bonchev–Trinajstić information content (AvgIpc) is 3.42. The van der Waals surface area contributed by atoms with Crippen LogP contribution in [0.2, 0.25) is 0 Å². The quantitative estimate of drug-likeness (QED) is 0.614. The number of carbonyl (C=O) groups excluding carboxylic acids is 2. The topological polar surface area (TPSA) is 101 Å². The largest absolute Gasteiger partial charge is 0.368 e. The highest BCUT2D eigenvalue weighted by atomic mass is 32.1. The Hall–Kier alpha value is -3.52. The highest BCUT2D eigenvalue weighted by molar-refractivity contribution is 7.14. The molecule has 1 aliphatic heterocycles. The third-order valence-electron chi connectivity index (χ3n) is 5.12. The number of nitrogens with zero attached hydrogens (tertiary/aromatic N) is 3. The lowest BCUT2D eigenvalue weighted by Crippen LogP contribution is -2.39. The summed E-state index contributed by atoms with van der Waals surface area (Å²) >= 11 is 1.34. The van der Waals surface area contributed by atoms with Gasteiger partial charge in [0.05, 0.1) is 11.4 Å². The number of carbonyl (C=O) groups is 2. The van der Waals surface area contributed by atoms with Crippen LogP contribution >= 0.6 is 11.3 Å². The molecule has 1 unspecified atom stereocenters. The van der Waals surface area contributed by atoms with Crippen molar-refractivity contribution in [3.8, 4) is 11.3 Å². The minimum absolute atomic E-state index is 0.144. The predicted octanol–water partition coefficient (Wildman–Crippen LogP) is 3.99. The van der Waals surface area contributed by atoms with E-state index in [-0.39, 0.29) is 18.0 Å². The van der Waals surface area contributed by atoms with Crippen molar-refractivity contribution in [3.63, 3.8) is 0 Å². The van der Waals surface area contributed by atoms with Gasteiger partial charge in [0.25, 0.3) is 5.91 Å². The number of hydrogen-bond acceptors (Lipinski definition) is 6. The number of hydrogen-bond donors (Lipinski definition) is 2. The van der Waals surface area contributed by atoms with Gasteiger partial charge in [-0.25, -0.2) is 4.98 Å². The summed E-state index contributed by atoms with van der Waals surface area (Å²) in [6.07, 6.45) is 0.144. The van der Waals surface area contributed by atoms with Crippen molar-refractivity contribution >= 4 is 39.7 Å². The van der Waals surface area contributed by atoms with Gasteiger partial charge in [0.1, 0.15) is 11.8 Å². The van der Waals surface area contributed by atoms with Crippen molar-refractivity contribution in [2.24, 2.45) is 10.8 Å². The summed E-state index contributed by atoms with van der Waals surface area (Å²) in [5.74, 6) is -0.455. The second-order valence-corrected chi connectivity index (χ2v) is 8.48. The molecule has 7 nitrogen and oxygen atoms in total. The number of nitrogens with one attached hydrogen (secondary N) is 1. The van der Waals surface area contributed by atoms with E-state index >= 15 is 0 Å². The normalized spacial score (nSPS) is 15.8. The average molecular weight is 434 g/mol. The molecule has 3 aromatic rings. The smallest absolute Gasteiger partial charge is 0.273 e. The summed E-state index contributed by atoms with van der Waals surface area (Å²) in [5.41, 5.74) is 9.54. The molecular formula is C23H23N5O2S. The van der Waals surface area contributed by atoms with Crippen LogP contribution < -0.4 is 16.1 Å². The Morgan fingerprint density at radius 1 is 1.13 bits per heavy atom. The lowest BCUT2D eigenvalue weighted by atomic mass is 10.0. The molecule has 158 valence electrons. The van der Waals surface area contributed by atoms with Crippen molar-refractivity contribution < 1.29 is 9.59 Å². The van der Waals surface area contributed by atoms with Gasteiger partial charge in [-0.05, 0) is 23.6 Å². The fourth-order valence-electron chi connectivity index (χ4n) is 3.36. The molecule has 0 bridgehead atoms. The molecule has 3 N–H and O–H groups in total. The monoisotopic (exact) mass is 433 g/mol. The third-order valence-corrected chi connectivity index (χ3v) is 5.88. The van der Waals surface area contributed by atoms with E-state index in [9.17, 15) is 9.59 Å². The molecule has 4 rings (SSSR count). The van der Waals surface area contributed by atoms with Gasteiger partial charge < -0.3 is 5.73 Å². The number of amides is 2. The van der Waals surface area contributed by atoms with E-state index in [1.807, 2.05) is 47.8 Å². The van der Waals surface area contributed by atoms with Crippen molar-refractivity contribution in [2.75, 3.05) is 10.3 Å². The van der Waals surface area contributed by atoms with E-state index in [0.717, 1.165) is 11.3 Å². The van der Waals surface area contributed by atoms with Crippen LogP contribution in [0.5, 0.6) is 0 Å². The second kappa shape index (κ2) is 8.69. The first-order valence-electron chi connectivity index (χ1n) is 10.0. The van der Waals surface area contributed by atoms with Gasteiger partial charge >= 0.3 is 0 Å². The summed E-state index contributed by atoms with van der Waals surface area (Å²) in [5, 5.41) is 11.0. The Morgan fingerprint density at radius 3 is 2.48 bits per heavy atom. The van der Waals surface area contributed by atoms with Gasteiger partial charge in [-0.3, -0.25) is 19.9 Å². The van der Waals surface area contributed by atoms with Crippen LogP contribution in [-0.2, 0) is 9.59 Å². The minimum atomic E-state index is -0.700. The number of nitrogens with two attached hydrogens (primary N) is 1. The first-order valence-corrected chi connectivity index (χ1v) is 10.9. The van der Waals surface area contributed by atoms with Gasteiger partial charge in [-0.2, -0.15) is 5.10 Å². The van der Waals surface area contributed by atoms with Crippen LogP contribution in [0.15, 0.2) is 65.1 Å². The molecule has 1 aliphatic rings. The minimum Gasteiger partial charge on any atom is -0.368 e. The maximum atomic E-state index is 12.8. The van der Waals surface area contributed by atoms with Crippen LogP contribution in [0, 0.1) is 0 Å². The van der Waals surface area contributed by atoms with Gasteiger partial charge in [0.15, 0.2) is 5.13 Å². The maximum absolute atomic E-state index is 12.8. The van der Waals surface area contributed by atoms with E-state index in [4.69, 9.17) is 5.73 Å². The molecule has 0 saturated heterocycles. The van der Waals surface area contributed by atoms with Crippen LogP contribution in [0.25, 0.3) is 11.3 Å². The number of aromatic nitrogens is 1. The number of thiazole rings is 1. The predicted molar refractivity (Wildman–Crippen MR) is 124 cm³/mol. The molecule has 1 aromatic heterocycles. The summed E-state index contributed by atoms with van der Waals surface area (Å²) in [4.78, 5) is 29.2. The van der Waals surface area contributed by atoms with Crippen molar-refractivity contribution in [2.45, 2.75) is 32.2 Å². The fraction of sp³-hybridized carbons (Fsp3) is 0.217. The number of rotatable bonds is 6. The van der Waals surface area contributed by atoms with Crippen LogP contribution in [0.3, 0.4) is 0 Å². The highest BCUT2D eigenvalue weighted by Crippen LogP contribution is 2.28. The molecule has 0 saturated carbocycles. The number of para-hydroxylation sites is 1. The number of primary amides is 1. The van der Waals surface area contributed by atoms with E-state index in [2.05, 4.69) is 41.4 Å². The molecule has 2 amide bonds. The molecule has 0 aliphatic carbocycles. The molecule has 31 heavy (non-hydrogen) atoms. The zero-order chi connectivity index (χ0) is 22.0. The van der Waals surface area contributed by atoms with Gasteiger partial charge in [-0.1, -0.05) is 56.3 Å². The number of anilines is 2. The third kappa shape index (κ3) is 4.49. The van der Waals surface area contributed by atoms with Gasteiger partial charge in [0, 0.05) is 17.4 Å². The molecule has 0 radical (unpaired) electrons. The molecule has 2 aromatic carbocycles. The summed E-state index contributed by atoms with van der Waals surface area (Å²) in [6, 6.07) is 16.7. The van der Waals surface area contributed by atoms with Gasteiger partial charge in [-0.15, -0.1) is 11.3 Å². The molecule has 0 fully saturated rings. The van der Waals surface area contributed by atoms with E-state index in [1.165, 1.54) is 21.9 Å². The SMILES string of the molecule is CC(C)c1ccc(-c2csc(NC(=O)C3=NN(c4ccccc4)C(C(N)=O)C3)n2)cc1. The zero-order valence-electron chi connectivity index (χ0n) is 17.3. The summed E-state index contributed by atoms with van der Waals surface area (Å²) in [6.45, 7) is 4.30. The zero-order valence-corrected chi connectivity index (χ0v) is 18.1. The van der Waals surface area contributed by atoms with E-state index in [0.29, 0.717) is 16.7 Å². The fourth-order valence-corrected chi connectivity index (χ4v) is 4.07. The Morgan fingerprint density at radius 2 is 1.84 bits per heavy atom. The van der Waals surface area contributed by atoms with Crippen molar-refractivity contribution in [3.05, 3.63) is 65.5 Å². The van der Waals surface area contributed by atoms with Crippen molar-refractivity contribution in [1.82, 2.24) is 4.98 Å². The first kappa shape index (κ1) is 20.7. The lowest BCUT2D eigenvalue weighted by Gasteiger charge is -2.20. The van der Waals surface area contributed by atoms with Gasteiger partial charge in [0.2, 0.25) is 5.91 Å². The summed E-state index contributed by atoms with van der Waals surface area (Å²) < 4.78 is 0. The maximum Gasteiger partial charge on any atom is 0.273 e. The van der Waals surface area contributed by atoms with Crippen molar-refractivity contribution in [1.29, 1.82) is 0 Å².